The van der Waals surface area contributed by atoms with Crippen molar-refractivity contribution in [2.45, 2.75) is 39.7 Å². The Morgan fingerprint density at radius 1 is 1.40 bits per heavy atom. The molecule has 0 aliphatic heterocycles. The molecule has 1 aromatic rings. The van der Waals surface area contributed by atoms with E-state index in [-0.39, 0.29) is 11.6 Å². The molecule has 0 saturated carbocycles. The van der Waals surface area contributed by atoms with Crippen LogP contribution >= 0.6 is 0 Å². The summed E-state index contributed by atoms with van der Waals surface area (Å²) in [4.78, 5) is 21.8. The molecule has 0 spiro atoms. The van der Waals surface area contributed by atoms with E-state index in [2.05, 4.69) is 34.0 Å². The van der Waals surface area contributed by atoms with Crippen LogP contribution in [0, 0.1) is 0 Å². The molecule has 1 aromatic heterocycles. The first-order chi connectivity index (χ1) is 9.32. The fourth-order valence-corrected chi connectivity index (χ4v) is 1.59. The van der Waals surface area contributed by atoms with E-state index in [0.29, 0.717) is 24.1 Å². The van der Waals surface area contributed by atoms with E-state index in [1.807, 2.05) is 20.9 Å². The molecule has 1 heterocycles. The molecule has 0 fully saturated rings. The van der Waals surface area contributed by atoms with Gasteiger partial charge in [0.25, 0.3) is 0 Å². The van der Waals surface area contributed by atoms with E-state index < -0.39 is 5.97 Å². The first-order valence-corrected chi connectivity index (χ1v) is 6.87. The Bertz CT molecular complexity index is 460. The highest BCUT2D eigenvalue weighted by molar-refractivity contribution is 5.91. The Morgan fingerprint density at radius 2 is 2.05 bits per heavy atom. The zero-order chi connectivity index (χ0) is 15.3. The molecule has 0 amide bonds. The van der Waals surface area contributed by atoms with Gasteiger partial charge in [-0.15, -0.1) is 0 Å². The Kier molecular flexibility index (Phi) is 5.88. The number of carbonyl (C=O) groups is 1. The third-order valence-electron chi connectivity index (χ3n) is 3.19. The Morgan fingerprint density at radius 3 is 2.55 bits per heavy atom. The Labute approximate surface area is 120 Å². The molecule has 2 N–H and O–H groups in total. The normalized spacial score (nSPS) is 11.4. The standard InChI is InChI=1S/C14H24N4O2/c1-9(2)13-16-8-11(12(17-13)14(19)20)15-6-7-18(5)10(3)4/h8-10,15H,6-7H2,1-5H3,(H,19,20). The lowest BCUT2D eigenvalue weighted by Gasteiger charge is -2.21. The lowest BCUT2D eigenvalue weighted by Crippen LogP contribution is -2.31. The summed E-state index contributed by atoms with van der Waals surface area (Å²) in [5, 5.41) is 12.3. The Hall–Kier alpha value is -1.69. The van der Waals surface area contributed by atoms with Crippen molar-refractivity contribution in [1.29, 1.82) is 0 Å². The van der Waals surface area contributed by atoms with Crippen molar-refractivity contribution in [3.8, 4) is 0 Å². The van der Waals surface area contributed by atoms with Gasteiger partial charge < -0.3 is 15.3 Å². The molecular weight excluding hydrogens is 256 g/mol. The molecule has 0 aliphatic rings. The van der Waals surface area contributed by atoms with Crippen LogP contribution in [0.15, 0.2) is 6.20 Å². The molecule has 0 aliphatic carbocycles. The summed E-state index contributed by atoms with van der Waals surface area (Å²) < 4.78 is 0. The highest BCUT2D eigenvalue weighted by Crippen LogP contribution is 2.16. The van der Waals surface area contributed by atoms with Gasteiger partial charge in [0.2, 0.25) is 0 Å². The summed E-state index contributed by atoms with van der Waals surface area (Å²) in [6, 6.07) is 0.454. The summed E-state index contributed by atoms with van der Waals surface area (Å²) in [5.41, 5.74) is 0.509. The second kappa shape index (κ2) is 7.19. The van der Waals surface area contributed by atoms with E-state index in [9.17, 15) is 9.90 Å². The van der Waals surface area contributed by atoms with E-state index in [1.165, 1.54) is 0 Å². The Balaban J connectivity index is 2.77. The third-order valence-corrected chi connectivity index (χ3v) is 3.19. The van der Waals surface area contributed by atoms with Crippen LogP contribution in [0.4, 0.5) is 5.69 Å². The molecule has 0 unspecified atom stereocenters. The molecule has 6 heteroatoms. The lowest BCUT2D eigenvalue weighted by molar-refractivity contribution is 0.0691. The molecule has 1 rings (SSSR count). The van der Waals surface area contributed by atoms with Gasteiger partial charge in [0.05, 0.1) is 11.9 Å². The predicted octanol–water partition coefficient (Wildman–Crippen LogP) is 2.05. The number of nitrogens with zero attached hydrogens (tertiary/aromatic N) is 3. The van der Waals surface area contributed by atoms with Gasteiger partial charge in [-0.2, -0.15) is 0 Å². The average Bonchev–Trinajstić information content (AvgIpc) is 2.38. The van der Waals surface area contributed by atoms with Crippen LogP contribution in [0.1, 0.15) is 49.9 Å². The topological polar surface area (TPSA) is 78.4 Å². The van der Waals surface area contributed by atoms with Gasteiger partial charge in [-0.05, 0) is 20.9 Å². The van der Waals surface area contributed by atoms with Crippen LogP contribution < -0.4 is 5.32 Å². The lowest BCUT2D eigenvalue weighted by atomic mass is 10.2. The number of aromatic nitrogens is 2. The quantitative estimate of drug-likeness (QED) is 0.796. The van der Waals surface area contributed by atoms with Gasteiger partial charge in [0, 0.05) is 25.0 Å². The number of carboxylic acids is 1. The van der Waals surface area contributed by atoms with Crippen molar-refractivity contribution in [3.63, 3.8) is 0 Å². The molecule has 0 saturated heterocycles. The average molecular weight is 280 g/mol. The van der Waals surface area contributed by atoms with E-state index in [4.69, 9.17) is 0 Å². The summed E-state index contributed by atoms with van der Waals surface area (Å²) in [7, 11) is 2.03. The van der Waals surface area contributed by atoms with Crippen LogP contribution in [0.25, 0.3) is 0 Å². The van der Waals surface area contributed by atoms with E-state index in [0.717, 1.165) is 6.54 Å². The number of anilines is 1. The van der Waals surface area contributed by atoms with Crippen molar-refractivity contribution in [2.24, 2.45) is 0 Å². The zero-order valence-electron chi connectivity index (χ0n) is 12.8. The van der Waals surface area contributed by atoms with Gasteiger partial charge >= 0.3 is 5.97 Å². The molecule has 0 atom stereocenters. The van der Waals surface area contributed by atoms with Crippen molar-refractivity contribution in [3.05, 3.63) is 17.7 Å². The number of carboxylic acid groups (broad SMARTS) is 1. The third kappa shape index (κ3) is 4.45. The number of hydrogen-bond acceptors (Lipinski definition) is 5. The summed E-state index contributed by atoms with van der Waals surface area (Å²) in [5.74, 6) is -0.379. The highest BCUT2D eigenvalue weighted by atomic mass is 16.4. The maximum atomic E-state index is 11.3. The maximum absolute atomic E-state index is 11.3. The first kappa shape index (κ1) is 16.4. The highest BCUT2D eigenvalue weighted by Gasteiger charge is 2.15. The number of nitrogens with one attached hydrogen (secondary N) is 1. The number of likely N-dealkylation sites (N-methyl/N-ethyl adjacent to an activating group) is 1. The summed E-state index contributed by atoms with van der Waals surface area (Å²) >= 11 is 0. The largest absolute Gasteiger partial charge is 0.476 e. The van der Waals surface area contributed by atoms with Crippen molar-refractivity contribution in [2.75, 3.05) is 25.5 Å². The van der Waals surface area contributed by atoms with E-state index >= 15 is 0 Å². The van der Waals surface area contributed by atoms with Crippen molar-refractivity contribution < 1.29 is 9.90 Å². The molecular formula is C14H24N4O2. The first-order valence-electron chi connectivity index (χ1n) is 6.87. The fourth-order valence-electron chi connectivity index (χ4n) is 1.59. The van der Waals surface area contributed by atoms with Crippen LogP contribution in [-0.4, -0.2) is 52.1 Å². The van der Waals surface area contributed by atoms with Gasteiger partial charge in [-0.25, -0.2) is 14.8 Å². The molecule has 6 nitrogen and oxygen atoms in total. The molecule has 112 valence electrons. The van der Waals surface area contributed by atoms with Crippen LogP contribution in [0.2, 0.25) is 0 Å². The maximum Gasteiger partial charge on any atom is 0.356 e. The zero-order valence-corrected chi connectivity index (χ0v) is 12.8. The number of aromatic carboxylic acids is 1. The van der Waals surface area contributed by atoms with Crippen LogP contribution in [0.5, 0.6) is 0 Å². The predicted molar refractivity (Wildman–Crippen MR) is 79.3 cm³/mol. The second-order valence-corrected chi connectivity index (χ2v) is 5.45. The van der Waals surface area contributed by atoms with Crippen LogP contribution in [0.3, 0.4) is 0 Å². The smallest absolute Gasteiger partial charge is 0.356 e. The minimum Gasteiger partial charge on any atom is -0.476 e. The monoisotopic (exact) mass is 280 g/mol. The van der Waals surface area contributed by atoms with E-state index in [1.54, 1.807) is 6.20 Å². The summed E-state index contributed by atoms with van der Waals surface area (Å²) in [6.07, 6.45) is 1.56. The number of rotatable bonds is 7. The van der Waals surface area contributed by atoms with Gasteiger partial charge in [-0.1, -0.05) is 13.8 Å². The molecule has 20 heavy (non-hydrogen) atoms. The number of hydrogen-bond donors (Lipinski definition) is 2. The van der Waals surface area contributed by atoms with Crippen LogP contribution in [-0.2, 0) is 0 Å². The molecule has 0 bridgehead atoms. The fraction of sp³-hybridized carbons (Fsp3) is 0.643. The van der Waals surface area contributed by atoms with Crippen molar-refractivity contribution in [1.82, 2.24) is 14.9 Å². The van der Waals surface area contributed by atoms with Gasteiger partial charge in [0.15, 0.2) is 5.69 Å². The SMILES string of the molecule is CC(C)c1ncc(NCCN(C)C(C)C)c(C(=O)O)n1. The minimum absolute atomic E-state index is 0.0379. The summed E-state index contributed by atoms with van der Waals surface area (Å²) in [6.45, 7) is 9.58. The van der Waals surface area contributed by atoms with Gasteiger partial charge in [0.1, 0.15) is 5.82 Å². The van der Waals surface area contributed by atoms with Gasteiger partial charge in [-0.3, -0.25) is 0 Å². The van der Waals surface area contributed by atoms with Crippen molar-refractivity contribution >= 4 is 11.7 Å². The molecule has 0 aromatic carbocycles. The minimum atomic E-state index is -1.03. The molecule has 0 radical (unpaired) electrons. The second-order valence-electron chi connectivity index (χ2n) is 5.45.